The number of aryl methyl sites for hydroxylation is 1. The van der Waals surface area contributed by atoms with Gasteiger partial charge in [-0.3, -0.25) is 14.6 Å². The predicted octanol–water partition coefficient (Wildman–Crippen LogP) is 2.49. The van der Waals surface area contributed by atoms with E-state index in [-0.39, 0.29) is 11.5 Å². The van der Waals surface area contributed by atoms with Crippen molar-refractivity contribution < 1.29 is 4.79 Å². The zero-order valence-electron chi connectivity index (χ0n) is 14.6. The molecule has 0 aliphatic carbocycles. The SMILES string of the molecule is CC1CCCCN1C(=O)CCCn1nc(-c2ccncc2)ccc1=O. The Labute approximate surface area is 147 Å². The molecule has 0 spiro atoms. The molecule has 2 aromatic rings. The average molecular weight is 340 g/mol. The smallest absolute Gasteiger partial charge is 0.266 e. The number of pyridine rings is 1. The van der Waals surface area contributed by atoms with Crippen molar-refractivity contribution in [3.05, 3.63) is 47.0 Å². The van der Waals surface area contributed by atoms with Gasteiger partial charge in [0, 0.05) is 49.6 Å². The molecular formula is C19H24N4O2. The minimum atomic E-state index is -0.142. The fourth-order valence-electron chi connectivity index (χ4n) is 3.28. The van der Waals surface area contributed by atoms with Crippen LogP contribution in [0, 0.1) is 0 Å². The van der Waals surface area contributed by atoms with Crippen LogP contribution in [0.5, 0.6) is 0 Å². The van der Waals surface area contributed by atoms with Gasteiger partial charge in [-0.15, -0.1) is 0 Å². The topological polar surface area (TPSA) is 68.1 Å². The lowest BCUT2D eigenvalue weighted by atomic mass is 10.0. The molecule has 0 bridgehead atoms. The summed E-state index contributed by atoms with van der Waals surface area (Å²) in [6.07, 6.45) is 7.85. The monoisotopic (exact) mass is 340 g/mol. The highest BCUT2D eigenvalue weighted by molar-refractivity contribution is 5.76. The maximum Gasteiger partial charge on any atom is 0.266 e. The standard InChI is InChI=1S/C19H24N4O2/c1-15-5-2-3-13-22(15)18(24)6-4-14-23-19(25)8-7-17(21-23)16-9-11-20-12-10-16/h7-12,15H,2-6,13-14H2,1H3. The molecule has 0 N–H and O–H groups in total. The molecule has 0 radical (unpaired) electrons. The molecule has 1 unspecified atom stereocenters. The summed E-state index contributed by atoms with van der Waals surface area (Å²) in [5.41, 5.74) is 1.51. The molecule has 25 heavy (non-hydrogen) atoms. The summed E-state index contributed by atoms with van der Waals surface area (Å²) in [5, 5.41) is 4.42. The lowest BCUT2D eigenvalue weighted by Crippen LogP contribution is -2.42. The van der Waals surface area contributed by atoms with E-state index >= 15 is 0 Å². The largest absolute Gasteiger partial charge is 0.340 e. The first-order valence-electron chi connectivity index (χ1n) is 8.93. The van der Waals surface area contributed by atoms with E-state index in [1.165, 1.54) is 17.2 Å². The predicted molar refractivity (Wildman–Crippen MR) is 96.0 cm³/mol. The van der Waals surface area contributed by atoms with E-state index in [2.05, 4.69) is 17.0 Å². The van der Waals surface area contributed by atoms with Crippen molar-refractivity contribution in [2.75, 3.05) is 6.54 Å². The molecule has 1 aliphatic heterocycles. The van der Waals surface area contributed by atoms with Crippen molar-refractivity contribution in [3.63, 3.8) is 0 Å². The minimum Gasteiger partial charge on any atom is -0.340 e. The number of nitrogens with zero attached hydrogens (tertiary/aromatic N) is 4. The summed E-state index contributed by atoms with van der Waals surface area (Å²) < 4.78 is 1.45. The highest BCUT2D eigenvalue weighted by Crippen LogP contribution is 2.18. The summed E-state index contributed by atoms with van der Waals surface area (Å²) in [4.78, 5) is 30.4. The average Bonchev–Trinajstić information content (AvgIpc) is 2.64. The van der Waals surface area contributed by atoms with E-state index in [0.717, 1.165) is 30.6 Å². The van der Waals surface area contributed by atoms with Crippen LogP contribution in [0.1, 0.15) is 39.0 Å². The lowest BCUT2D eigenvalue weighted by Gasteiger charge is -2.33. The number of likely N-dealkylation sites (tertiary alicyclic amines) is 1. The number of aromatic nitrogens is 3. The van der Waals surface area contributed by atoms with Gasteiger partial charge in [0.15, 0.2) is 0 Å². The van der Waals surface area contributed by atoms with Gasteiger partial charge < -0.3 is 4.90 Å². The Kier molecular flexibility index (Phi) is 5.58. The molecule has 1 saturated heterocycles. The maximum atomic E-state index is 12.4. The Balaban J connectivity index is 1.61. The minimum absolute atomic E-state index is 0.142. The summed E-state index contributed by atoms with van der Waals surface area (Å²) in [5.74, 6) is 0.186. The van der Waals surface area contributed by atoms with Gasteiger partial charge in [-0.25, -0.2) is 4.68 Å². The number of rotatable bonds is 5. The second-order valence-electron chi connectivity index (χ2n) is 6.55. The molecule has 3 rings (SSSR count). The third kappa shape index (κ3) is 4.32. The van der Waals surface area contributed by atoms with Crippen LogP contribution in [-0.2, 0) is 11.3 Å². The molecule has 0 saturated carbocycles. The van der Waals surface area contributed by atoms with Crippen LogP contribution in [0.15, 0.2) is 41.5 Å². The van der Waals surface area contributed by atoms with Gasteiger partial charge >= 0.3 is 0 Å². The number of carbonyl (C=O) groups is 1. The summed E-state index contributed by atoms with van der Waals surface area (Å²) in [7, 11) is 0. The van der Waals surface area contributed by atoms with E-state index in [1.54, 1.807) is 18.5 Å². The van der Waals surface area contributed by atoms with Gasteiger partial charge in [0.25, 0.3) is 5.56 Å². The molecule has 132 valence electrons. The van der Waals surface area contributed by atoms with Crippen LogP contribution in [0.3, 0.4) is 0 Å². The Morgan fingerprint density at radius 1 is 1.20 bits per heavy atom. The molecule has 1 fully saturated rings. The van der Waals surface area contributed by atoms with Crippen molar-refractivity contribution in [3.8, 4) is 11.3 Å². The normalized spacial score (nSPS) is 17.5. The van der Waals surface area contributed by atoms with Crippen molar-refractivity contribution in [1.82, 2.24) is 19.7 Å². The van der Waals surface area contributed by atoms with E-state index < -0.39 is 0 Å². The van der Waals surface area contributed by atoms with E-state index in [1.807, 2.05) is 17.0 Å². The molecule has 0 aromatic carbocycles. The third-order valence-corrected chi connectivity index (χ3v) is 4.73. The number of carbonyl (C=O) groups excluding carboxylic acids is 1. The number of amides is 1. The van der Waals surface area contributed by atoms with Crippen molar-refractivity contribution in [2.45, 2.75) is 51.6 Å². The first kappa shape index (κ1) is 17.3. The number of hydrogen-bond donors (Lipinski definition) is 0. The summed E-state index contributed by atoms with van der Waals surface area (Å²) >= 11 is 0. The highest BCUT2D eigenvalue weighted by Gasteiger charge is 2.22. The molecule has 1 aliphatic rings. The molecule has 3 heterocycles. The van der Waals surface area contributed by atoms with Gasteiger partial charge in [0.2, 0.25) is 5.91 Å². The lowest BCUT2D eigenvalue weighted by molar-refractivity contribution is -0.134. The van der Waals surface area contributed by atoms with Gasteiger partial charge in [-0.05, 0) is 50.8 Å². The van der Waals surface area contributed by atoms with Crippen LogP contribution in [0.2, 0.25) is 0 Å². The van der Waals surface area contributed by atoms with Crippen LogP contribution < -0.4 is 5.56 Å². The van der Waals surface area contributed by atoms with Gasteiger partial charge in [0.05, 0.1) is 5.69 Å². The number of piperidine rings is 1. The summed E-state index contributed by atoms with van der Waals surface area (Å²) in [6.45, 7) is 3.42. The quantitative estimate of drug-likeness (QED) is 0.838. The number of hydrogen-bond acceptors (Lipinski definition) is 4. The zero-order chi connectivity index (χ0) is 17.6. The van der Waals surface area contributed by atoms with E-state index in [0.29, 0.717) is 25.4 Å². The third-order valence-electron chi connectivity index (χ3n) is 4.73. The van der Waals surface area contributed by atoms with Crippen LogP contribution >= 0.6 is 0 Å². The molecule has 6 heteroatoms. The van der Waals surface area contributed by atoms with Gasteiger partial charge in [-0.2, -0.15) is 5.10 Å². The van der Waals surface area contributed by atoms with E-state index in [9.17, 15) is 9.59 Å². The van der Waals surface area contributed by atoms with Crippen molar-refractivity contribution in [1.29, 1.82) is 0 Å². The van der Waals surface area contributed by atoms with Gasteiger partial charge in [0.1, 0.15) is 0 Å². The molecular weight excluding hydrogens is 316 g/mol. The Bertz CT molecular complexity index is 772. The fourth-order valence-corrected chi connectivity index (χ4v) is 3.28. The van der Waals surface area contributed by atoms with Crippen LogP contribution in [-0.4, -0.2) is 38.2 Å². The van der Waals surface area contributed by atoms with Crippen molar-refractivity contribution >= 4 is 5.91 Å². The first-order valence-corrected chi connectivity index (χ1v) is 8.93. The highest BCUT2D eigenvalue weighted by atomic mass is 16.2. The molecule has 2 aromatic heterocycles. The van der Waals surface area contributed by atoms with Crippen LogP contribution in [0.25, 0.3) is 11.3 Å². The van der Waals surface area contributed by atoms with E-state index in [4.69, 9.17) is 0 Å². The zero-order valence-corrected chi connectivity index (χ0v) is 14.6. The molecule has 1 atom stereocenters. The second kappa shape index (κ2) is 8.05. The second-order valence-corrected chi connectivity index (χ2v) is 6.55. The van der Waals surface area contributed by atoms with Gasteiger partial charge in [-0.1, -0.05) is 0 Å². The maximum absolute atomic E-state index is 12.4. The van der Waals surface area contributed by atoms with Crippen LogP contribution in [0.4, 0.5) is 0 Å². The first-order chi connectivity index (χ1) is 12.1. The summed E-state index contributed by atoms with van der Waals surface area (Å²) in [6, 6.07) is 7.29. The molecule has 6 nitrogen and oxygen atoms in total. The molecule has 1 amide bonds. The fraction of sp³-hybridized carbons (Fsp3) is 0.474. The Morgan fingerprint density at radius 2 is 2.00 bits per heavy atom. The Morgan fingerprint density at radius 3 is 2.76 bits per heavy atom. The van der Waals surface area contributed by atoms with Crippen molar-refractivity contribution in [2.24, 2.45) is 0 Å². The Hall–Kier alpha value is -2.50.